The van der Waals surface area contributed by atoms with E-state index in [9.17, 15) is 18.0 Å². The molecule has 1 rings (SSSR count). The minimum atomic E-state index is -4.19. The Morgan fingerprint density at radius 3 is 2.74 bits per heavy atom. The summed E-state index contributed by atoms with van der Waals surface area (Å²) in [6.45, 7) is 1.19. The van der Waals surface area contributed by atoms with E-state index in [2.05, 4.69) is 10.3 Å². The number of likely N-dealkylation sites (tertiary alicyclic amines) is 1. The predicted octanol–water partition coefficient (Wildman–Crippen LogP) is 0.643. The molecular formula is C14H26F3N5O. The Bertz CT molecular complexity index is 414. The smallest absolute Gasteiger partial charge is 0.370 e. The number of carbonyl (C=O) groups excluding carboxylic acids is 1. The number of piperidine rings is 1. The van der Waals surface area contributed by atoms with Gasteiger partial charge in [-0.3, -0.25) is 14.7 Å². The van der Waals surface area contributed by atoms with E-state index in [1.165, 1.54) is 11.9 Å². The van der Waals surface area contributed by atoms with Crippen LogP contribution in [0.25, 0.3) is 0 Å². The number of likely N-dealkylation sites (N-methyl/N-ethyl adjacent to an activating group) is 1. The van der Waals surface area contributed by atoms with Gasteiger partial charge in [-0.05, 0) is 25.8 Å². The second-order valence-corrected chi connectivity index (χ2v) is 5.95. The highest BCUT2D eigenvalue weighted by atomic mass is 19.4. The van der Waals surface area contributed by atoms with Crippen molar-refractivity contribution in [2.45, 2.75) is 25.4 Å². The highest BCUT2D eigenvalue weighted by Crippen LogP contribution is 2.19. The van der Waals surface area contributed by atoms with E-state index >= 15 is 0 Å². The molecule has 0 saturated carbocycles. The Hall–Kier alpha value is -1.51. The van der Waals surface area contributed by atoms with Gasteiger partial charge in [-0.1, -0.05) is 0 Å². The molecule has 1 unspecified atom stereocenters. The molecule has 1 aliphatic rings. The number of halogens is 3. The van der Waals surface area contributed by atoms with Gasteiger partial charge in [0.05, 0.1) is 6.54 Å². The molecule has 1 saturated heterocycles. The maximum absolute atomic E-state index is 12.3. The molecule has 23 heavy (non-hydrogen) atoms. The number of guanidine groups is 1. The lowest BCUT2D eigenvalue weighted by Gasteiger charge is -2.34. The Kier molecular flexibility index (Phi) is 7.60. The van der Waals surface area contributed by atoms with Gasteiger partial charge in [0.2, 0.25) is 5.91 Å². The molecular weight excluding hydrogens is 311 g/mol. The van der Waals surface area contributed by atoms with Gasteiger partial charge in [0, 0.05) is 39.6 Å². The summed E-state index contributed by atoms with van der Waals surface area (Å²) in [5.74, 6) is 0.542. The van der Waals surface area contributed by atoms with E-state index in [-0.39, 0.29) is 18.4 Å². The van der Waals surface area contributed by atoms with Crippen molar-refractivity contribution in [3.05, 3.63) is 0 Å². The second-order valence-electron chi connectivity index (χ2n) is 5.95. The van der Waals surface area contributed by atoms with Crippen LogP contribution >= 0.6 is 0 Å². The van der Waals surface area contributed by atoms with Crippen molar-refractivity contribution in [3.63, 3.8) is 0 Å². The number of hydrogen-bond donors (Lipinski definition) is 2. The van der Waals surface area contributed by atoms with E-state index < -0.39 is 12.7 Å². The first-order valence-corrected chi connectivity index (χ1v) is 7.70. The third-order valence-corrected chi connectivity index (χ3v) is 3.75. The first-order valence-electron chi connectivity index (χ1n) is 7.70. The van der Waals surface area contributed by atoms with Crippen molar-refractivity contribution in [1.29, 1.82) is 0 Å². The quantitative estimate of drug-likeness (QED) is 0.551. The molecule has 1 atom stereocenters. The van der Waals surface area contributed by atoms with Gasteiger partial charge >= 0.3 is 6.18 Å². The molecule has 0 aromatic carbocycles. The zero-order valence-corrected chi connectivity index (χ0v) is 13.7. The molecule has 0 radical (unpaired) electrons. The number of primary amides is 1. The fraction of sp³-hybridized carbons (Fsp3) is 0.857. The van der Waals surface area contributed by atoms with Crippen LogP contribution in [-0.4, -0.2) is 74.7 Å². The minimum Gasteiger partial charge on any atom is -0.370 e. The molecule has 1 fully saturated rings. The first kappa shape index (κ1) is 19.5. The third kappa shape index (κ3) is 8.06. The van der Waals surface area contributed by atoms with Crippen molar-refractivity contribution in [1.82, 2.24) is 15.1 Å². The van der Waals surface area contributed by atoms with Crippen molar-refractivity contribution in [2.75, 3.05) is 46.8 Å². The van der Waals surface area contributed by atoms with Crippen LogP contribution in [0.5, 0.6) is 0 Å². The topological polar surface area (TPSA) is 74.0 Å². The summed E-state index contributed by atoms with van der Waals surface area (Å²) in [5, 5.41) is 3.08. The van der Waals surface area contributed by atoms with Gasteiger partial charge < -0.3 is 16.0 Å². The molecule has 1 heterocycles. The molecule has 1 aliphatic heterocycles. The van der Waals surface area contributed by atoms with Gasteiger partial charge in [-0.15, -0.1) is 0 Å². The fourth-order valence-electron chi connectivity index (χ4n) is 2.78. The summed E-state index contributed by atoms with van der Waals surface area (Å²) in [6, 6.07) is 0. The molecule has 0 aromatic heterocycles. The van der Waals surface area contributed by atoms with Crippen LogP contribution in [0.2, 0.25) is 0 Å². The molecule has 0 aromatic rings. The van der Waals surface area contributed by atoms with E-state index in [1.807, 2.05) is 4.90 Å². The lowest BCUT2D eigenvalue weighted by atomic mass is 9.95. The summed E-state index contributed by atoms with van der Waals surface area (Å²) < 4.78 is 36.8. The first-order chi connectivity index (χ1) is 10.7. The maximum atomic E-state index is 12.3. The average Bonchev–Trinajstić information content (AvgIpc) is 2.41. The number of carbonyl (C=O) groups is 1. The molecule has 0 bridgehead atoms. The summed E-state index contributed by atoms with van der Waals surface area (Å²) in [5.41, 5.74) is 5.24. The Labute approximate surface area is 134 Å². The maximum Gasteiger partial charge on any atom is 0.401 e. The largest absolute Gasteiger partial charge is 0.401 e. The minimum absolute atomic E-state index is 0.202. The summed E-state index contributed by atoms with van der Waals surface area (Å²) >= 11 is 0. The number of hydrogen-bond acceptors (Lipinski definition) is 3. The Balaban J connectivity index is 2.40. The molecule has 1 amide bonds. The molecule has 3 N–H and O–H groups in total. The molecule has 6 nitrogen and oxygen atoms in total. The number of aliphatic imine (C=N–C) groups is 1. The number of rotatable bonds is 6. The Morgan fingerprint density at radius 2 is 2.17 bits per heavy atom. The van der Waals surface area contributed by atoms with Crippen LogP contribution in [0.4, 0.5) is 13.2 Å². The SMILES string of the molecule is CN=C(NCCN(C)CC(F)(F)F)N1CCCC(CC(N)=O)C1. The number of nitrogens with zero attached hydrogens (tertiary/aromatic N) is 3. The van der Waals surface area contributed by atoms with E-state index in [0.717, 1.165) is 19.4 Å². The zero-order chi connectivity index (χ0) is 17.5. The van der Waals surface area contributed by atoms with Crippen LogP contribution in [0.15, 0.2) is 4.99 Å². The van der Waals surface area contributed by atoms with Crippen LogP contribution in [0, 0.1) is 5.92 Å². The van der Waals surface area contributed by atoms with Crippen LogP contribution in [-0.2, 0) is 4.79 Å². The van der Waals surface area contributed by atoms with E-state index in [1.54, 1.807) is 7.05 Å². The Morgan fingerprint density at radius 1 is 1.48 bits per heavy atom. The fourth-order valence-corrected chi connectivity index (χ4v) is 2.78. The van der Waals surface area contributed by atoms with Gasteiger partial charge in [0.15, 0.2) is 5.96 Å². The highest BCUT2D eigenvalue weighted by Gasteiger charge is 2.29. The number of nitrogens with two attached hydrogens (primary N) is 1. The molecule has 9 heteroatoms. The van der Waals surface area contributed by atoms with Gasteiger partial charge in [-0.25, -0.2) is 0 Å². The lowest BCUT2D eigenvalue weighted by Crippen LogP contribution is -2.48. The zero-order valence-electron chi connectivity index (χ0n) is 13.7. The van der Waals surface area contributed by atoms with Crippen molar-refractivity contribution >= 4 is 11.9 Å². The number of alkyl halides is 3. The second kappa shape index (κ2) is 8.95. The van der Waals surface area contributed by atoms with Gasteiger partial charge in [0.25, 0.3) is 0 Å². The van der Waals surface area contributed by atoms with Gasteiger partial charge in [-0.2, -0.15) is 13.2 Å². The van der Waals surface area contributed by atoms with Gasteiger partial charge in [0.1, 0.15) is 0 Å². The molecule has 0 aliphatic carbocycles. The van der Waals surface area contributed by atoms with Crippen LogP contribution in [0.3, 0.4) is 0 Å². The predicted molar refractivity (Wildman–Crippen MR) is 83.0 cm³/mol. The molecule has 0 spiro atoms. The van der Waals surface area contributed by atoms with Crippen LogP contribution in [0.1, 0.15) is 19.3 Å². The summed E-state index contributed by atoms with van der Waals surface area (Å²) in [7, 11) is 3.07. The number of nitrogens with one attached hydrogen (secondary N) is 1. The van der Waals surface area contributed by atoms with Crippen molar-refractivity contribution in [3.8, 4) is 0 Å². The van der Waals surface area contributed by atoms with Crippen LogP contribution < -0.4 is 11.1 Å². The highest BCUT2D eigenvalue weighted by molar-refractivity contribution is 5.80. The average molecular weight is 337 g/mol. The third-order valence-electron chi connectivity index (χ3n) is 3.75. The molecule has 134 valence electrons. The van der Waals surface area contributed by atoms with Crippen molar-refractivity contribution in [2.24, 2.45) is 16.6 Å². The normalized spacial score (nSPS) is 20.0. The van der Waals surface area contributed by atoms with Crippen molar-refractivity contribution < 1.29 is 18.0 Å². The van der Waals surface area contributed by atoms with E-state index in [4.69, 9.17) is 5.73 Å². The van der Waals surface area contributed by atoms with E-state index in [0.29, 0.717) is 25.5 Å². The standard InChI is InChI=1S/C14H26F3N5O/c1-19-13(20-5-7-21(2)10-14(15,16)17)22-6-3-4-11(9-22)8-12(18)23/h11H,3-10H2,1-2H3,(H2,18,23)(H,19,20). The number of amides is 1. The lowest BCUT2D eigenvalue weighted by molar-refractivity contribution is -0.142. The summed E-state index contributed by atoms with van der Waals surface area (Å²) in [6.07, 6.45) is -1.95. The monoisotopic (exact) mass is 337 g/mol. The summed E-state index contributed by atoms with van der Waals surface area (Å²) in [4.78, 5) is 18.4.